The maximum atomic E-state index is 6.39. The molecule has 0 N–H and O–H groups in total. The molecule has 0 aromatic carbocycles. The lowest BCUT2D eigenvalue weighted by Crippen LogP contribution is -2.71. The van der Waals surface area contributed by atoms with Crippen LogP contribution in [0.4, 0.5) is 0 Å². The van der Waals surface area contributed by atoms with Crippen molar-refractivity contribution in [2.24, 2.45) is 0 Å². The zero-order valence-electron chi connectivity index (χ0n) is 18.9. The van der Waals surface area contributed by atoms with E-state index in [0.29, 0.717) is 25.5 Å². The highest BCUT2D eigenvalue weighted by atomic mass is 28.4. The van der Waals surface area contributed by atoms with Crippen molar-refractivity contribution < 1.29 is 17.8 Å². The van der Waals surface area contributed by atoms with E-state index in [1.54, 1.807) is 0 Å². The van der Waals surface area contributed by atoms with Crippen molar-refractivity contribution in [1.82, 2.24) is 0 Å². The fraction of sp³-hybridized carbons (Fsp3) is 1.00. The molecule has 26 heavy (non-hydrogen) atoms. The molecule has 0 radical (unpaired) electrons. The molecule has 5 heteroatoms. The molecule has 0 aliphatic rings. The zero-order valence-corrected chi connectivity index (χ0v) is 19.9. The highest BCUT2D eigenvalue weighted by molar-refractivity contribution is 6.62. The molecule has 0 rings (SSSR count). The number of unbranched alkanes of at least 4 members (excludes halogenated alkanes) is 3. The smallest absolute Gasteiger partial charge is 0.370 e. The SMILES string of the molecule is CCCC[N+](CCCC)(CCCC)C(CC)[Si](OCC)(OCC)OCC. The summed E-state index contributed by atoms with van der Waals surface area (Å²) >= 11 is 0. The minimum Gasteiger partial charge on any atom is -0.370 e. The molecule has 0 amide bonds. The Kier molecular flexibility index (Phi) is 15.1. The van der Waals surface area contributed by atoms with Crippen molar-refractivity contribution >= 4 is 8.80 Å². The standard InChI is InChI=1S/C21H48NO3Si/c1-8-15-18-22(19-16-9-2,20-17-10-3)21(11-4)26(23-12-5,24-13-6)25-14-7/h21H,8-20H2,1-7H3/q+1. The maximum Gasteiger partial charge on any atom is 0.562 e. The van der Waals surface area contributed by atoms with Crippen LogP contribution >= 0.6 is 0 Å². The Bertz CT molecular complexity index is 290. The van der Waals surface area contributed by atoms with Gasteiger partial charge in [0, 0.05) is 26.2 Å². The fourth-order valence-electron chi connectivity index (χ4n) is 4.21. The zero-order chi connectivity index (χ0) is 19.9. The monoisotopic (exact) mass is 390 g/mol. The molecule has 0 aromatic heterocycles. The lowest BCUT2D eigenvalue weighted by Gasteiger charge is -2.49. The van der Waals surface area contributed by atoms with E-state index >= 15 is 0 Å². The third-order valence-electron chi connectivity index (χ3n) is 5.36. The molecule has 0 saturated carbocycles. The Hall–Kier alpha value is 0.0569. The van der Waals surface area contributed by atoms with Crippen molar-refractivity contribution in [2.75, 3.05) is 39.5 Å². The van der Waals surface area contributed by atoms with Gasteiger partial charge in [-0.2, -0.15) is 0 Å². The molecular formula is C21H48NO3Si+. The summed E-state index contributed by atoms with van der Waals surface area (Å²) in [7, 11) is -2.74. The van der Waals surface area contributed by atoms with E-state index in [0.717, 1.165) is 10.9 Å². The molecule has 4 nitrogen and oxygen atoms in total. The van der Waals surface area contributed by atoms with Gasteiger partial charge in [-0.05, 0) is 40.0 Å². The van der Waals surface area contributed by atoms with Crippen molar-refractivity contribution in [3.63, 3.8) is 0 Å². The second kappa shape index (κ2) is 15.0. The third kappa shape index (κ3) is 7.59. The van der Waals surface area contributed by atoms with Gasteiger partial charge in [-0.25, -0.2) is 0 Å². The van der Waals surface area contributed by atoms with Gasteiger partial charge in [0.15, 0.2) is 5.67 Å². The van der Waals surface area contributed by atoms with Gasteiger partial charge in [-0.15, -0.1) is 0 Å². The van der Waals surface area contributed by atoms with E-state index in [4.69, 9.17) is 13.3 Å². The number of hydrogen-bond donors (Lipinski definition) is 0. The number of rotatable bonds is 18. The van der Waals surface area contributed by atoms with E-state index in [9.17, 15) is 0 Å². The quantitative estimate of drug-likeness (QED) is 0.226. The first-order valence-electron chi connectivity index (χ1n) is 11.3. The molecule has 0 aliphatic heterocycles. The van der Waals surface area contributed by atoms with Crippen LogP contribution in [0.25, 0.3) is 0 Å². The van der Waals surface area contributed by atoms with E-state index in [1.807, 2.05) is 0 Å². The molecule has 0 heterocycles. The molecule has 1 unspecified atom stereocenters. The van der Waals surface area contributed by atoms with Crippen LogP contribution in [0.3, 0.4) is 0 Å². The van der Waals surface area contributed by atoms with Gasteiger partial charge in [0.05, 0.1) is 19.6 Å². The first-order chi connectivity index (χ1) is 12.6. The normalized spacial score (nSPS) is 14.0. The van der Waals surface area contributed by atoms with Crippen LogP contribution in [0.1, 0.15) is 93.4 Å². The number of nitrogens with zero attached hydrogens (tertiary/aromatic N) is 1. The third-order valence-corrected chi connectivity index (χ3v) is 9.21. The largest absolute Gasteiger partial charge is 0.562 e. The van der Waals surface area contributed by atoms with Crippen LogP contribution in [-0.4, -0.2) is 58.4 Å². The predicted octanol–water partition coefficient (Wildman–Crippen LogP) is 5.57. The fourth-order valence-corrected chi connectivity index (χ4v) is 7.80. The van der Waals surface area contributed by atoms with E-state index in [-0.39, 0.29) is 0 Å². The van der Waals surface area contributed by atoms with Crippen LogP contribution in [0, 0.1) is 0 Å². The molecule has 1 atom stereocenters. The average molecular weight is 391 g/mol. The summed E-state index contributed by atoms with van der Waals surface area (Å²) in [6, 6.07) is 0. The van der Waals surface area contributed by atoms with Crippen molar-refractivity contribution in [3.8, 4) is 0 Å². The minimum absolute atomic E-state index is 0.340. The summed E-state index contributed by atoms with van der Waals surface area (Å²) in [5.41, 5.74) is 0.340. The van der Waals surface area contributed by atoms with Gasteiger partial charge in [0.2, 0.25) is 0 Å². The summed E-state index contributed by atoms with van der Waals surface area (Å²) < 4.78 is 20.3. The molecule has 0 aliphatic carbocycles. The van der Waals surface area contributed by atoms with E-state index in [2.05, 4.69) is 48.5 Å². The minimum atomic E-state index is -2.74. The Morgan fingerprint density at radius 3 is 1.19 bits per heavy atom. The maximum absolute atomic E-state index is 6.39. The Morgan fingerprint density at radius 2 is 0.962 bits per heavy atom. The molecule has 0 bridgehead atoms. The van der Waals surface area contributed by atoms with Gasteiger partial charge >= 0.3 is 8.80 Å². The Labute approximate surface area is 165 Å². The lowest BCUT2D eigenvalue weighted by atomic mass is 10.1. The van der Waals surface area contributed by atoms with Gasteiger partial charge in [0.25, 0.3) is 0 Å². The van der Waals surface area contributed by atoms with Crippen LogP contribution in [0.5, 0.6) is 0 Å². The summed E-state index contributed by atoms with van der Waals surface area (Å²) in [4.78, 5) is 0. The summed E-state index contributed by atoms with van der Waals surface area (Å²) in [5.74, 6) is 0. The number of hydrogen-bond acceptors (Lipinski definition) is 3. The molecule has 0 saturated heterocycles. The van der Waals surface area contributed by atoms with Crippen LogP contribution < -0.4 is 0 Å². The molecule has 0 spiro atoms. The topological polar surface area (TPSA) is 27.7 Å². The van der Waals surface area contributed by atoms with Crippen molar-refractivity contribution in [2.45, 2.75) is 99.1 Å². The van der Waals surface area contributed by atoms with Gasteiger partial charge < -0.3 is 17.8 Å². The Morgan fingerprint density at radius 1 is 0.615 bits per heavy atom. The van der Waals surface area contributed by atoms with Gasteiger partial charge in [0.1, 0.15) is 0 Å². The summed E-state index contributed by atoms with van der Waals surface area (Å²) in [6.07, 6.45) is 8.56. The predicted molar refractivity (Wildman–Crippen MR) is 114 cm³/mol. The second-order valence-electron chi connectivity index (χ2n) is 7.28. The molecule has 158 valence electrons. The van der Waals surface area contributed by atoms with Crippen LogP contribution in [0.2, 0.25) is 0 Å². The van der Waals surface area contributed by atoms with Gasteiger partial charge in [-0.3, -0.25) is 0 Å². The summed E-state index contributed by atoms with van der Waals surface area (Å²) in [5, 5.41) is 0. The first-order valence-corrected chi connectivity index (χ1v) is 13.1. The van der Waals surface area contributed by atoms with E-state index < -0.39 is 8.80 Å². The lowest BCUT2D eigenvalue weighted by molar-refractivity contribution is -0.943. The first kappa shape index (κ1) is 26.1. The molecule has 0 fully saturated rings. The van der Waals surface area contributed by atoms with Crippen LogP contribution in [0.15, 0.2) is 0 Å². The summed E-state index contributed by atoms with van der Waals surface area (Å²) in [6.45, 7) is 21.1. The highest BCUT2D eigenvalue weighted by Gasteiger charge is 2.58. The molecular weight excluding hydrogens is 342 g/mol. The Balaban J connectivity index is 6.05. The number of quaternary nitrogens is 1. The highest BCUT2D eigenvalue weighted by Crippen LogP contribution is 2.31. The second-order valence-corrected chi connectivity index (χ2v) is 10.0. The average Bonchev–Trinajstić information content (AvgIpc) is 2.63. The van der Waals surface area contributed by atoms with E-state index in [1.165, 1.54) is 58.2 Å². The van der Waals surface area contributed by atoms with Gasteiger partial charge in [-0.1, -0.05) is 47.0 Å². The van der Waals surface area contributed by atoms with Crippen molar-refractivity contribution in [1.29, 1.82) is 0 Å². The van der Waals surface area contributed by atoms with Crippen LogP contribution in [-0.2, 0) is 13.3 Å². The molecule has 0 aromatic rings. The van der Waals surface area contributed by atoms with Crippen molar-refractivity contribution in [3.05, 3.63) is 0 Å².